The van der Waals surface area contributed by atoms with Gasteiger partial charge in [0.05, 0.1) is 35.8 Å². The number of ether oxygens (including phenoxy) is 4. The van der Waals surface area contributed by atoms with E-state index in [0.29, 0.717) is 61.9 Å². The number of fused-ring (bicyclic) bond motifs is 14. The Morgan fingerprint density at radius 1 is 0.550 bits per heavy atom. The van der Waals surface area contributed by atoms with Gasteiger partial charge in [-0.1, -0.05) is 124 Å². The van der Waals surface area contributed by atoms with E-state index in [1.807, 2.05) is 98.8 Å². The maximum absolute atomic E-state index is 14.3. The van der Waals surface area contributed by atoms with Crippen LogP contribution in [0.4, 0.5) is 11.4 Å². The number of carbonyl (C=O) groups is 8. The van der Waals surface area contributed by atoms with Crippen molar-refractivity contribution in [3.05, 3.63) is 202 Å². The topological polar surface area (TPSA) is 307 Å². The average Bonchev–Trinajstić information content (AvgIpc) is 1.49. The molecule has 520 valence electrons. The molecule has 4 heterocycles. The summed E-state index contributed by atoms with van der Waals surface area (Å²) in [6.07, 6.45) is 16.3. The fraction of sp³-hybridized carbons (Fsp3) is 0.436. The molecule has 0 unspecified atom stereocenters. The van der Waals surface area contributed by atoms with Crippen molar-refractivity contribution in [1.29, 1.82) is 0 Å². The number of anilines is 2. The number of rotatable bonds is 14. The third kappa shape index (κ3) is 10.7. The summed E-state index contributed by atoms with van der Waals surface area (Å²) in [6, 6.07) is 29.8. The summed E-state index contributed by atoms with van der Waals surface area (Å²) in [5.74, 6) is -2.99. The Morgan fingerprint density at radius 3 is 1.34 bits per heavy atom. The lowest BCUT2D eigenvalue weighted by Gasteiger charge is -2.59. The van der Waals surface area contributed by atoms with Crippen LogP contribution in [0.3, 0.4) is 0 Å². The van der Waals surface area contributed by atoms with E-state index >= 15 is 0 Å². The molecule has 4 amide bonds. The molecule has 21 nitrogen and oxygen atoms in total. The summed E-state index contributed by atoms with van der Waals surface area (Å²) in [4.78, 5) is 123. The number of hydrogen-bond donors (Lipinski definition) is 5. The third-order valence-corrected chi connectivity index (χ3v) is 25.6. The number of imide groups is 2. The van der Waals surface area contributed by atoms with E-state index in [0.717, 1.165) is 61.6 Å². The number of allylic oxidation sites excluding steroid dienone is 8. The van der Waals surface area contributed by atoms with Gasteiger partial charge in [0.25, 0.3) is 23.6 Å². The second-order valence-corrected chi connectivity index (χ2v) is 31.4. The first-order valence-corrected chi connectivity index (χ1v) is 35.9. The molecule has 4 aromatic carbocycles. The van der Waals surface area contributed by atoms with E-state index in [2.05, 4.69) is 13.8 Å². The molecule has 0 bridgehead atoms. The molecule has 5 N–H and O–H groups in total. The summed E-state index contributed by atoms with van der Waals surface area (Å²) in [7, 11) is -4.99. The number of phosphoric acid groups is 1. The second-order valence-electron chi connectivity index (χ2n) is 30.2. The molecule has 22 heteroatoms. The Labute approximate surface area is 577 Å². The molecule has 12 aliphatic rings. The molecular weight excluding hydrogens is 1300 g/mol. The van der Waals surface area contributed by atoms with Crippen molar-refractivity contribution in [3.8, 4) is 0 Å². The quantitative estimate of drug-likeness (QED) is 0.0582. The maximum Gasteiger partial charge on any atom is 0.470 e. The van der Waals surface area contributed by atoms with Crippen LogP contribution in [0.1, 0.15) is 125 Å². The Bertz CT molecular complexity index is 4360. The van der Waals surface area contributed by atoms with Gasteiger partial charge >= 0.3 is 7.82 Å². The van der Waals surface area contributed by atoms with Gasteiger partial charge < -0.3 is 44.1 Å². The van der Waals surface area contributed by atoms with E-state index in [1.54, 1.807) is 48.6 Å². The smallest absolute Gasteiger partial charge is 0.393 e. The van der Waals surface area contributed by atoms with E-state index in [4.69, 9.17) is 23.5 Å². The molecule has 100 heavy (non-hydrogen) atoms. The van der Waals surface area contributed by atoms with Crippen LogP contribution >= 0.6 is 7.82 Å². The number of ketones is 4. The van der Waals surface area contributed by atoms with Gasteiger partial charge in [0.15, 0.2) is 46.9 Å². The average molecular weight is 1380 g/mol. The number of benzene rings is 4. The highest BCUT2D eigenvalue weighted by Crippen LogP contribution is 2.73. The van der Waals surface area contributed by atoms with Gasteiger partial charge in [0.2, 0.25) is 0 Å². The molecule has 18 atom stereocenters. The molecule has 8 fully saturated rings. The number of phosphoric ester groups is 1. The molecule has 0 aromatic heterocycles. The predicted molar refractivity (Wildman–Crippen MR) is 359 cm³/mol. The minimum Gasteiger partial charge on any atom is -0.393 e. The SMILES string of the molecule is C[C@]12C=CC(=O)C=C1CC[C@@H]1[C@@H]2[C@@H](O)C[C@@]2(C)[C@H]1C[C@H]1O[C@@H](c3ccc(Cc4cccc(N5C(=O)C=CC5=O)c4)cc3)O[C@]12C(=O)CO.C[C@]12C=CC(=O)C=C1CC[C@@H]1[C@@H]2[C@@H](O)C[C@@]2(C)[C@H]1C[C@H]1O[C@@H](c3ccc(Cc4cccc(N5C(=O)C=CC5=O)c4)cc3)O[C@]12C(=O)COP(=O)(O)O. The summed E-state index contributed by atoms with van der Waals surface area (Å²) < 4.78 is 43.1. The zero-order chi connectivity index (χ0) is 70.4. The molecule has 0 radical (unpaired) electrons. The van der Waals surface area contributed by atoms with Crippen LogP contribution in [0.25, 0.3) is 0 Å². The van der Waals surface area contributed by atoms with Gasteiger partial charge in [-0.3, -0.25) is 42.9 Å². The van der Waals surface area contributed by atoms with Crippen LogP contribution in [0.5, 0.6) is 0 Å². The Kier molecular flexibility index (Phi) is 16.8. The molecule has 0 spiro atoms. The zero-order valence-electron chi connectivity index (χ0n) is 55.7. The minimum atomic E-state index is -4.99. The summed E-state index contributed by atoms with van der Waals surface area (Å²) in [6.45, 7) is 6.55. The first kappa shape index (κ1) is 67.9. The lowest BCUT2D eigenvalue weighted by Crippen LogP contribution is -2.63. The number of nitrogens with zero attached hydrogens (tertiary/aromatic N) is 2. The first-order valence-electron chi connectivity index (χ1n) is 34.4. The highest BCUT2D eigenvalue weighted by Gasteiger charge is 2.78. The van der Waals surface area contributed by atoms with Crippen LogP contribution < -0.4 is 9.80 Å². The predicted octanol–water partition coefficient (Wildman–Crippen LogP) is 8.74. The van der Waals surface area contributed by atoms with Crippen LogP contribution in [-0.2, 0) is 79.2 Å². The Hall–Kier alpha value is -7.89. The zero-order valence-corrected chi connectivity index (χ0v) is 56.6. The maximum atomic E-state index is 14.3. The van der Waals surface area contributed by atoms with Crippen molar-refractivity contribution >= 4 is 66.0 Å². The van der Waals surface area contributed by atoms with E-state index < -0.39 is 114 Å². The number of amides is 4. The van der Waals surface area contributed by atoms with Crippen LogP contribution in [0.15, 0.2) is 169 Å². The van der Waals surface area contributed by atoms with E-state index in [9.17, 15) is 68.0 Å². The highest BCUT2D eigenvalue weighted by molar-refractivity contribution is 7.46. The van der Waals surface area contributed by atoms with Crippen molar-refractivity contribution in [2.75, 3.05) is 23.0 Å². The Balaban J connectivity index is 0.000000163. The number of aliphatic hydroxyl groups excluding tert-OH is 3. The van der Waals surface area contributed by atoms with Crippen molar-refractivity contribution in [2.24, 2.45) is 57.2 Å². The van der Waals surface area contributed by atoms with Gasteiger partial charge in [-0.25, -0.2) is 14.4 Å². The standard InChI is InChI=1S/C39H40NO11P.C39H39NO8/c1-37-15-14-27(41)18-25(37)10-11-28-29-19-32-39(31(43)21-49-52(46,47)48,38(29,2)20-30(42)35(28)37)51-36(50-32)24-8-6-22(7-9-24)16-23-4-3-5-26(17-23)40-33(44)12-13-34(40)45;1-37-15-14-27(42)18-25(37)10-11-28-29-19-32-39(31(44)21-41,38(29,2)20-30(43)35(28)37)48-36(47-32)24-8-6-22(7-9-24)16-23-4-3-5-26(17-23)40-33(45)12-13-34(40)46/h3-9,12-15,17-18,28-30,32,35-36,42H,10-11,16,19-21H2,1-2H3,(H2,46,47,48);3-9,12-15,17-18,28-30,32,35-36,41,43H,10-11,16,19-21H2,1-2H3/t2*28-,29-,30-,32+,35+,36+,37-,38-,39+/m00/s1. The fourth-order valence-electron chi connectivity index (χ4n) is 20.8. The number of aliphatic hydroxyl groups is 3. The molecule has 2 saturated heterocycles. The summed E-state index contributed by atoms with van der Waals surface area (Å²) in [5, 5.41) is 34.1. The van der Waals surface area contributed by atoms with Gasteiger partial charge in [0.1, 0.15) is 13.2 Å². The van der Waals surface area contributed by atoms with Gasteiger partial charge in [-0.05, 0) is 159 Å². The van der Waals surface area contributed by atoms with Crippen molar-refractivity contribution < 1.29 is 91.5 Å². The van der Waals surface area contributed by atoms with Crippen LogP contribution in [0, 0.1) is 57.2 Å². The molecule has 16 rings (SSSR count). The number of hydrogen-bond acceptors (Lipinski definition) is 17. The monoisotopic (exact) mass is 1380 g/mol. The number of carbonyl (C=O) groups excluding carboxylic acids is 8. The normalized spacial score (nSPS) is 37.2. The fourth-order valence-corrected chi connectivity index (χ4v) is 21.1. The van der Waals surface area contributed by atoms with Crippen molar-refractivity contribution in [3.63, 3.8) is 0 Å². The minimum absolute atomic E-state index is 0.0142. The van der Waals surface area contributed by atoms with Crippen LogP contribution in [0.2, 0.25) is 0 Å². The Morgan fingerprint density at radius 2 is 0.950 bits per heavy atom. The lowest BCUT2D eigenvalue weighted by molar-refractivity contribution is -0.201. The molecule has 6 saturated carbocycles. The van der Waals surface area contributed by atoms with Gasteiger partial charge in [0, 0.05) is 68.9 Å². The van der Waals surface area contributed by atoms with Crippen LogP contribution in [-0.4, -0.2) is 121 Å². The van der Waals surface area contributed by atoms with E-state index in [1.165, 1.54) is 24.3 Å². The molecular formula is C78H79N2O19P. The molecule has 4 aliphatic heterocycles. The van der Waals surface area contributed by atoms with Gasteiger partial charge in [-0.2, -0.15) is 0 Å². The number of Topliss-reactive ketones (excluding diaryl/α,β-unsaturated/α-hetero) is 2. The van der Waals surface area contributed by atoms with E-state index in [-0.39, 0.29) is 65.3 Å². The van der Waals surface area contributed by atoms with Crippen molar-refractivity contribution in [1.82, 2.24) is 0 Å². The molecule has 8 aliphatic carbocycles. The highest BCUT2D eigenvalue weighted by atomic mass is 31.2. The third-order valence-electron chi connectivity index (χ3n) is 25.1. The lowest BCUT2D eigenvalue weighted by atomic mass is 9.46. The second kappa shape index (κ2) is 24.7. The largest absolute Gasteiger partial charge is 0.470 e. The van der Waals surface area contributed by atoms with Crippen molar-refractivity contribution in [2.45, 2.75) is 140 Å². The van der Waals surface area contributed by atoms with Gasteiger partial charge in [-0.15, -0.1) is 0 Å². The summed E-state index contributed by atoms with van der Waals surface area (Å²) >= 11 is 0. The first-order chi connectivity index (χ1) is 47.6. The molecule has 4 aromatic rings. The summed E-state index contributed by atoms with van der Waals surface area (Å²) in [5.41, 5.74) is 2.47.